The van der Waals surface area contributed by atoms with E-state index in [0.29, 0.717) is 18.8 Å². The maximum atomic E-state index is 12.4. The summed E-state index contributed by atoms with van der Waals surface area (Å²) in [6.07, 6.45) is 4.80. The number of hydrogen-bond acceptors (Lipinski definition) is 4. The number of esters is 1. The first kappa shape index (κ1) is 14.8. The Kier molecular flexibility index (Phi) is 4.50. The summed E-state index contributed by atoms with van der Waals surface area (Å²) in [6, 6.07) is 0.0406. The van der Waals surface area contributed by atoms with Crippen LogP contribution in [0.1, 0.15) is 45.4 Å². The molecule has 0 aromatic carbocycles. The van der Waals surface area contributed by atoms with Crippen molar-refractivity contribution in [3.05, 3.63) is 0 Å². The molecule has 6 heteroatoms. The average Bonchev–Trinajstić information content (AvgIpc) is 2.97. The van der Waals surface area contributed by atoms with E-state index < -0.39 is 27.2 Å². The highest BCUT2D eigenvalue weighted by Crippen LogP contribution is 2.33. The Hall–Kier alpha value is -0.620. The highest BCUT2D eigenvalue weighted by Gasteiger charge is 2.43. The van der Waals surface area contributed by atoms with Crippen molar-refractivity contribution in [1.29, 1.82) is 0 Å². The fourth-order valence-electron chi connectivity index (χ4n) is 3.35. The third-order valence-electron chi connectivity index (χ3n) is 4.38. The van der Waals surface area contributed by atoms with E-state index in [1.54, 1.807) is 0 Å². The van der Waals surface area contributed by atoms with Crippen LogP contribution in [0.3, 0.4) is 0 Å². The standard InChI is InChI=1S/C13H23NO4S/c1-9-6-7-10(8-9)14-19(16,17)12-5-3-4-11(12)13(15)18-2/h9-12,14H,3-8H2,1-2H3. The summed E-state index contributed by atoms with van der Waals surface area (Å²) in [7, 11) is -2.11. The van der Waals surface area contributed by atoms with Crippen LogP contribution in [0.25, 0.3) is 0 Å². The van der Waals surface area contributed by atoms with Crippen molar-refractivity contribution < 1.29 is 17.9 Å². The lowest BCUT2D eigenvalue weighted by molar-refractivity contribution is -0.145. The van der Waals surface area contributed by atoms with Gasteiger partial charge in [0, 0.05) is 6.04 Å². The lowest BCUT2D eigenvalue weighted by atomic mass is 10.1. The zero-order valence-corrected chi connectivity index (χ0v) is 12.4. The van der Waals surface area contributed by atoms with E-state index in [2.05, 4.69) is 11.6 Å². The largest absolute Gasteiger partial charge is 0.469 e. The highest BCUT2D eigenvalue weighted by atomic mass is 32.2. The van der Waals surface area contributed by atoms with E-state index in [9.17, 15) is 13.2 Å². The molecule has 4 unspecified atom stereocenters. The Morgan fingerprint density at radius 2 is 1.95 bits per heavy atom. The van der Waals surface area contributed by atoms with Gasteiger partial charge in [0.05, 0.1) is 18.3 Å². The Labute approximate surface area is 115 Å². The molecular formula is C13H23NO4S. The van der Waals surface area contributed by atoms with Gasteiger partial charge in [-0.05, 0) is 38.0 Å². The molecule has 2 aliphatic carbocycles. The number of ether oxygens (including phenoxy) is 1. The number of nitrogens with one attached hydrogen (secondary N) is 1. The van der Waals surface area contributed by atoms with Crippen LogP contribution in [0.4, 0.5) is 0 Å². The van der Waals surface area contributed by atoms with E-state index in [0.717, 1.165) is 25.7 Å². The molecule has 0 amide bonds. The number of hydrogen-bond donors (Lipinski definition) is 1. The van der Waals surface area contributed by atoms with Crippen LogP contribution >= 0.6 is 0 Å². The van der Waals surface area contributed by atoms with Gasteiger partial charge in [-0.15, -0.1) is 0 Å². The maximum absolute atomic E-state index is 12.4. The topological polar surface area (TPSA) is 72.5 Å². The molecule has 2 aliphatic rings. The second-order valence-corrected chi connectivity index (χ2v) is 7.81. The van der Waals surface area contributed by atoms with Crippen molar-refractivity contribution >= 4 is 16.0 Å². The Morgan fingerprint density at radius 1 is 1.21 bits per heavy atom. The van der Waals surface area contributed by atoms with Crippen LogP contribution in [-0.4, -0.2) is 32.8 Å². The number of carbonyl (C=O) groups excluding carboxylic acids is 1. The zero-order chi connectivity index (χ0) is 14.0. The second kappa shape index (κ2) is 5.79. The van der Waals surface area contributed by atoms with Crippen molar-refractivity contribution in [2.75, 3.05) is 7.11 Å². The predicted octanol–water partition coefficient (Wildman–Crippen LogP) is 1.44. The van der Waals surface area contributed by atoms with Crippen LogP contribution in [0.15, 0.2) is 0 Å². The Balaban J connectivity index is 2.04. The molecule has 0 spiro atoms. The number of sulfonamides is 1. The summed E-state index contributed by atoms with van der Waals surface area (Å²) in [5.74, 6) is -0.318. The van der Waals surface area contributed by atoms with Crippen LogP contribution in [0.5, 0.6) is 0 Å². The van der Waals surface area contributed by atoms with E-state index >= 15 is 0 Å². The molecule has 2 rings (SSSR count). The van der Waals surface area contributed by atoms with Crippen molar-refractivity contribution in [3.8, 4) is 0 Å². The van der Waals surface area contributed by atoms with Gasteiger partial charge in [-0.1, -0.05) is 13.3 Å². The molecular weight excluding hydrogens is 266 g/mol. The van der Waals surface area contributed by atoms with Gasteiger partial charge in [-0.25, -0.2) is 13.1 Å². The van der Waals surface area contributed by atoms with Crippen molar-refractivity contribution in [3.63, 3.8) is 0 Å². The summed E-state index contributed by atoms with van der Waals surface area (Å²) >= 11 is 0. The molecule has 0 aromatic rings. The fourth-order valence-corrected chi connectivity index (χ4v) is 5.36. The van der Waals surface area contributed by atoms with Gasteiger partial charge in [0.2, 0.25) is 10.0 Å². The Morgan fingerprint density at radius 3 is 2.53 bits per heavy atom. The van der Waals surface area contributed by atoms with Gasteiger partial charge in [0.15, 0.2) is 0 Å². The summed E-state index contributed by atoms with van der Waals surface area (Å²) in [6.45, 7) is 2.14. The van der Waals surface area contributed by atoms with Gasteiger partial charge in [-0.3, -0.25) is 4.79 Å². The van der Waals surface area contributed by atoms with E-state index in [1.807, 2.05) is 0 Å². The van der Waals surface area contributed by atoms with Gasteiger partial charge in [-0.2, -0.15) is 0 Å². The molecule has 4 atom stereocenters. The number of rotatable bonds is 4. The second-order valence-electron chi connectivity index (χ2n) is 5.88. The molecule has 110 valence electrons. The highest BCUT2D eigenvalue weighted by molar-refractivity contribution is 7.90. The average molecular weight is 289 g/mol. The van der Waals surface area contributed by atoms with E-state index in [4.69, 9.17) is 4.74 Å². The minimum Gasteiger partial charge on any atom is -0.469 e. The lowest BCUT2D eigenvalue weighted by Gasteiger charge is -2.21. The van der Waals surface area contributed by atoms with Crippen LogP contribution in [-0.2, 0) is 19.6 Å². The molecule has 19 heavy (non-hydrogen) atoms. The maximum Gasteiger partial charge on any atom is 0.310 e. The van der Waals surface area contributed by atoms with Crippen LogP contribution in [0.2, 0.25) is 0 Å². The van der Waals surface area contributed by atoms with Crippen molar-refractivity contribution in [1.82, 2.24) is 4.72 Å². The predicted molar refractivity (Wildman–Crippen MR) is 72.0 cm³/mol. The molecule has 0 radical (unpaired) electrons. The first-order chi connectivity index (χ1) is 8.94. The lowest BCUT2D eigenvalue weighted by Crippen LogP contribution is -2.43. The third kappa shape index (κ3) is 3.28. The third-order valence-corrected chi connectivity index (χ3v) is 6.40. The smallest absolute Gasteiger partial charge is 0.310 e. The molecule has 0 heterocycles. The van der Waals surface area contributed by atoms with Crippen molar-refractivity contribution in [2.45, 2.75) is 56.7 Å². The first-order valence-electron chi connectivity index (χ1n) is 7.03. The van der Waals surface area contributed by atoms with Gasteiger partial charge in [0.25, 0.3) is 0 Å². The molecule has 1 N–H and O–H groups in total. The normalized spacial score (nSPS) is 35.5. The number of carbonyl (C=O) groups is 1. The van der Waals surface area contributed by atoms with Gasteiger partial charge < -0.3 is 4.74 Å². The quantitative estimate of drug-likeness (QED) is 0.795. The van der Waals surface area contributed by atoms with Crippen molar-refractivity contribution in [2.24, 2.45) is 11.8 Å². The number of methoxy groups -OCH3 is 1. The van der Waals surface area contributed by atoms with Crippen LogP contribution < -0.4 is 4.72 Å². The summed E-state index contributed by atoms with van der Waals surface area (Å²) < 4.78 is 32.3. The fraction of sp³-hybridized carbons (Fsp3) is 0.923. The Bertz CT molecular complexity index is 434. The summed E-state index contributed by atoms with van der Waals surface area (Å²) in [4.78, 5) is 11.6. The monoisotopic (exact) mass is 289 g/mol. The van der Waals surface area contributed by atoms with Crippen LogP contribution in [0, 0.1) is 11.8 Å². The SMILES string of the molecule is COC(=O)C1CCCC1S(=O)(=O)NC1CCC(C)C1. The molecule has 2 fully saturated rings. The minimum atomic E-state index is -3.42. The first-order valence-corrected chi connectivity index (χ1v) is 8.57. The summed E-state index contributed by atoms with van der Waals surface area (Å²) in [5.41, 5.74) is 0. The molecule has 0 aliphatic heterocycles. The molecule has 0 aromatic heterocycles. The molecule has 0 bridgehead atoms. The summed E-state index contributed by atoms with van der Waals surface area (Å²) in [5, 5.41) is -0.615. The zero-order valence-electron chi connectivity index (χ0n) is 11.6. The van der Waals surface area contributed by atoms with Gasteiger partial charge >= 0.3 is 5.97 Å². The minimum absolute atomic E-state index is 0.0406. The molecule has 5 nitrogen and oxygen atoms in total. The molecule has 0 saturated heterocycles. The molecule has 2 saturated carbocycles. The van der Waals surface area contributed by atoms with E-state index in [-0.39, 0.29) is 6.04 Å². The van der Waals surface area contributed by atoms with Gasteiger partial charge in [0.1, 0.15) is 0 Å². The van der Waals surface area contributed by atoms with E-state index in [1.165, 1.54) is 7.11 Å².